The highest BCUT2D eigenvalue weighted by Crippen LogP contribution is 2.24. The summed E-state index contributed by atoms with van der Waals surface area (Å²) in [7, 11) is 0. The lowest BCUT2D eigenvalue weighted by Gasteiger charge is -2.09. The first kappa shape index (κ1) is 14.6. The molecule has 0 aliphatic carbocycles. The summed E-state index contributed by atoms with van der Waals surface area (Å²) in [5.41, 5.74) is 2.28. The Morgan fingerprint density at radius 3 is 1.12 bits per heavy atom. The van der Waals surface area contributed by atoms with Gasteiger partial charge in [0.25, 0.3) is 0 Å². The molecular formula is C12H7I4N. The molecule has 0 aliphatic heterocycles. The van der Waals surface area contributed by atoms with E-state index < -0.39 is 0 Å². The molecular weight excluding hydrogens is 666 g/mol. The van der Waals surface area contributed by atoms with E-state index in [4.69, 9.17) is 0 Å². The third-order valence-corrected chi connectivity index (χ3v) is 4.51. The third kappa shape index (κ3) is 4.64. The molecule has 0 amide bonds. The Bertz CT molecular complexity index is 464. The maximum Gasteiger partial charge on any atom is 0.0405 e. The second kappa shape index (κ2) is 6.55. The zero-order valence-corrected chi connectivity index (χ0v) is 17.1. The Balaban J connectivity index is 2.31. The number of anilines is 2. The van der Waals surface area contributed by atoms with Gasteiger partial charge in [-0.25, -0.2) is 0 Å². The van der Waals surface area contributed by atoms with E-state index in [-0.39, 0.29) is 0 Å². The van der Waals surface area contributed by atoms with Crippen LogP contribution in [0.2, 0.25) is 0 Å². The topological polar surface area (TPSA) is 12.0 Å². The van der Waals surface area contributed by atoms with Crippen LogP contribution in [-0.4, -0.2) is 0 Å². The molecule has 0 bridgehead atoms. The van der Waals surface area contributed by atoms with Gasteiger partial charge in [0.2, 0.25) is 0 Å². The van der Waals surface area contributed by atoms with Crippen molar-refractivity contribution in [3.05, 3.63) is 50.7 Å². The number of hydrogen-bond donors (Lipinski definition) is 1. The van der Waals surface area contributed by atoms with E-state index in [2.05, 4.69) is 132 Å². The van der Waals surface area contributed by atoms with E-state index in [0.717, 1.165) is 11.4 Å². The number of benzene rings is 2. The maximum absolute atomic E-state index is 3.45. The summed E-state index contributed by atoms with van der Waals surface area (Å²) >= 11 is 9.36. The van der Waals surface area contributed by atoms with Gasteiger partial charge >= 0.3 is 0 Å². The van der Waals surface area contributed by atoms with Crippen LogP contribution in [-0.2, 0) is 0 Å². The number of nitrogens with one attached hydrogen (secondary N) is 1. The molecule has 1 nitrogen and oxygen atoms in total. The maximum atomic E-state index is 3.45. The van der Waals surface area contributed by atoms with Crippen molar-refractivity contribution in [1.82, 2.24) is 0 Å². The fourth-order valence-corrected chi connectivity index (χ4v) is 5.29. The highest BCUT2D eigenvalue weighted by atomic mass is 127. The Kier molecular flexibility index (Phi) is 5.61. The Hall–Kier alpha value is 1.16. The molecule has 0 unspecified atom stereocenters. The van der Waals surface area contributed by atoms with E-state index in [9.17, 15) is 0 Å². The normalized spacial score (nSPS) is 10.4. The minimum Gasteiger partial charge on any atom is -0.355 e. The van der Waals surface area contributed by atoms with Crippen molar-refractivity contribution in [3.63, 3.8) is 0 Å². The smallest absolute Gasteiger partial charge is 0.0405 e. The molecule has 0 atom stereocenters. The molecule has 0 spiro atoms. The van der Waals surface area contributed by atoms with Crippen molar-refractivity contribution in [2.75, 3.05) is 5.32 Å². The van der Waals surface area contributed by atoms with Crippen molar-refractivity contribution in [3.8, 4) is 0 Å². The number of rotatable bonds is 2. The molecule has 0 heterocycles. The molecule has 0 saturated heterocycles. The molecule has 5 heteroatoms. The second-order valence-electron chi connectivity index (χ2n) is 3.44. The molecule has 0 aliphatic rings. The summed E-state index contributed by atoms with van der Waals surface area (Å²) in [6.45, 7) is 0. The van der Waals surface area contributed by atoms with Gasteiger partial charge in [0, 0.05) is 25.7 Å². The molecule has 2 rings (SSSR count). The standard InChI is InChI=1S/C12H7I4N/c13-7-1-8(14)4-11(3-7)17-12-5-9(15)2-10(16)6-12/h1-6,17H. The fraction of sp³-hybridized carbons (Fsp3) is 0. The molecule has 17 heavy (non-hydrogen) atoms. The average Bonchev–Trinajstić information content (AvgIpc) is 2.13. The Morgan fingerprint density at radius 1 is 0.529 bits per heavy atom. The summed E-state index contributed by atoms with van der Waals surface area (Å²) in [5, 5.41) is 3.45. The van der Waals surface area contributed by atoms with Gasteiger partial charge in [-0.05, 0) is 127 Å². The molecule has 0 saturated carbocycles. The zero-order valence-electron chi connectivity index (χ0n) is 8.48. The SMILES string of the molecule is Ic1cc(I)cc(Nc2cc(I)cc(I)c2)c1. The van der Waals surface area contributed by atoms with E-state index >= 15 is 0 Å². The molecule has 2 aromatic rings. The van der Waals surface area contributed by atoms with Gasteiger partial charge in [-0.15, -0.1) is 0 Å². The average molecular weight is 673 g/mol. The first-order valence-corrected chi connectivity index (χ1v) is 9.04. The summed E-state index contributed by atoms with van der Waals surface area (Å²) < 4.78 is 4.99. The van der Waals surface area contributed by atoms with Crippen molar-refractivity contribution >= 4 is 102 Å². The Labute approximate surface area is 155 Å². The zero-order chi connectivity index (χ0) is 12.4. The quantitative estimate of drug-likeness (QED) is 0.395. The lowest BCUT2D eigenvalue weighted by Crippen LogP contribution is -1.93. The van der Waals surface area contributed by atoms with Crippen LogP contribution in [0, 0.1) is 14.3 Å². The van der Waals surface area contributed by atoms with E-state index in [0.29, 0.717) is 0 Å². The number of hydrogen-bond acceptors (Lipinski definition) is 1. The first-order valence-electron chi connectivity index (χ1n) is 4.72. The van der Waals surface area contributed by atoms with Crippen LogP contribution >= 0.6 is 90.4 Å². The van der Waals surface area contributed by atoms with E-state index in [1.54, 1.807) is 0 Å². The first-order chi connectivity index (χ1) is 8.02. The van der Waals surface area contributed by atoms with Gasteiger partial charge in [0.15, 0.2) is 0 Å². The highest BCUT2D eigenvalue weighted by molar-refractivity contribution is 14.1. The summed E-state index contributed by atoms with van der Waals surface area (Å²) in [6.07, 6.45) is 0. The monoisotopic (exact) mass is 673 g/mol. The molecule has 2 aromatic carbocycles. The lowest BCUT2D eigenvalue weighted by molar-refractivity contribution is 1.49. The minimum absolute atomic E-state index is 1.14. The van der Waals surface area contributed by atoms with E-state index in [1.165, 1.54) is 14.3 Å². The summed E-state index contributed by atoms with van der Waals surface area (Å²) in [6, 6.07) is 12.9. The van der Waals surface area contributed by atoms with Gasteiger partial charge in [0.1, 0.15) is 0 Å². The molecule has 88 valence electrons. The van der Waals surface area contributed by atoms with Gasteiger partial charge in [-0.2, -0.15) is 0 Å². The van der Waals surface area contributed by atoms with Gasteiger partial charge < -0.3 is 5.32 Å². The molecule has 0 radical (unpaired) electrons. The van der Waals surface area contributed by atoms with Crippen molar-refractivity contribution < 1.29 is 0 Å². The van der Waals surface area contributed by atoms with Crippen LogP contribution in [0.3, 0.4) is 0 Å². The highest BCUT2D eigenvalue weighted by Gasteiger charge is 2.00. The van der Waals surface area contributed by atoms with Crippen molar-refractivity contribution in [1.29, 1.82) is 0 Å². The van der Waals surface area contributed by atoms with Crippen LogP contribution in [0.25, 0.3) is 0 Å². The van der Waals surface area contributed by atoms with Crippen LogP contribution < -0.4 is 5.32 Å². The van der Waals surface area contributed by atoms with E-state index in [1.807, 2.05) is 0 Å². The molecule has 1 N–H and O–H groups in total. The summed E-state index contributed by atoms with van der Waals surface area (Å²) in [5.74, 6) is 0. The predicted octanol–water partition coefficient (Wildman–Crippen LogP) is 5.85. The molecule has 0 aromatic heterocycles. The summed E-state index contributed by atoms with van der Waals surface area (Å²) in [4.78, 5) is 0. The third-order valence-electron chi connectivity index (χ3n) is 2.01. The largest absolute Gasteiger partial charge is 0.355 e. The van der Waals surface area contributed by atoms with Crippen LogP contribution in [0.15, 0.2) is 36.4 Å². The second-order valence-corrected chi connectivity index (χ2v) is 8.42. The number of halogens is 4. The minimum atomic E-state index is 1.14. The van der Waals surface area contributed by atoms with Crippen LogP contribution in [0.4, 0.5) is 11.4 Å². The Morgan fingerprint density at radius 2 is 0.824 bits per heavy atom. The van der Waals surface area contributed by atoms with Crippen molar-refractivity contribution in [2.45, 2.75) is 0 Å². The fourth-order valence-electron chi connectivity index (χ4n) is 1.42. The lowest BCUT2D eigenvalue weighted by atomic mass is 10.3. The van der Waals surface area contributed by atoms with Crippen molar-refractivity contribution in [2.24, 2.45) is 0 Å². The molecule has 0 fully saturated rings. The van der Waals surface area contributed by atoms with Crippen LogP contribution in [0.5, 0.6) is 0 Å². The van der Waals surface area contributed by atoms with Gasteiger partial charge in [-0.3, -0.25) is 0 Å². The van der Waals surface area contributed by atoms with Gasteiger partial charge in [0.05, 0.1) is 0 Å². The van der Waals surface area contributed by atoms with Crippen LogP contribution in [0.1, 0.15) is 0 Å². The predicted molar refractivity (Wildman–Crippen MR) is 107 cm³/mol. The van der Waals surface area contributed by atoms with Gasteiger partial charge in [-0.1, -0.05) is 0 Å².